The molecule has 0 radical (unpaired) electrons. The van der Waals surface area contributed by atoms with Gasteiger partial charge >= 0.3 is 0 Å². The first kappa shape index (κ1) is 16.2. The zero-order valence-corrected chi connectivity index (χ0v) is 13.4. The van der Waals surface area contributed by atoms with E-state index in [0.717, 1.165) is 16.8 Å². The molecular weight excluding hydrogens is 312 g/mol. The number of hydrogen-bond acceptors (Lipinski definition) is 3. The average Bonchev–Trinajstić information content (AvgIpc) is 3.14. The predicted octanol–water partition coefficient (Wildman–Crippen LogP) is 3.30. The number of aromatic nitrogens is 2. The Hall–Kier alpha value is -3.65. The van der Waals surface area contributed by atoms with Gasteiger partial charge in [0.15, 0.2) is 0 Å². The molecule has 3 rings (SSSR count). The molecule has 122 valence electrons. The van der Waals surface area contributed by atoms with Crippen molar-refractivity contribution in [2.45, 2.75) is 6.54 Å². The Morgan fingerprint density at radius 2 is 1.80 bits per heavy atom. The lowest BCUT2D eigenvalue weighted by molar-refractivity contribution is -0.117. The van der Waals surface area contributed by atoms with Crippen LogP contribution in [0.5, 0.6) is 0 Å². The van der Waals surface area contributed by atoms with E-state index in [-0.39, 0.29) is 5.57 Å². The van der Waals surface area contributed by atoms with Gasteiger partial charge in [-0.2, -0.15) is 10.4 Å². The minimum Gasteiger partial charge on any atom is -0.347 e. The number of nitrogens with one attached hydrogen (secondary N) is 2. The molecule has 1 heterocycles. The van der Waals surface area contributed by atoms with Crippen molar-refractivity contribution in [1.29, 1.82) is 5.26 Å². The molecule has 0 saturated heterocycles. The van der Waals surface area contributed by atoms with Crippen LogP contribution >= 0.6 is 0 Å². The van der Waals surface area contributed by atoms with Gasteiger partial charge in [0, 0.05) is 17.7 Å². The van der Waals surface area contributed by atoms with E-state index in [9.17, 15) is 10.1 Å². The summed E-state index contributed by atoms with van der Waals surface area (Å²) in [5.41, 5.74) is 3.41. The first-order chi connectivity index (χ1) is 12.3. The van der Waals surface area contributed by atoms with Gasteiger partial charge < -0.3 is 5.32 Å². The van der Waals surface area contributed by atoms with E-state index in [0.29, 0.717) is 12.1 Å². The van der Waals surface area contributed by atoms with Gasteiger partial charge in [0.1, 0.15) is 11.6 Å². The highest BCUT2D eigenvalue weighted by Gasteiger charge is 2.12. The molecule has 0 saturated carbocycles. The summed E-state index contributed by atoms with van der Waals surface area (Å²) in [6.07, 6.45) is 3.15. The number of nitriles is 1. The van der Waals surface area contributed by atoms with Crippen molar-refractivity contribution in [1.82, 2.24) is 15.5 Å². The van der Waals surface area contributed by atoms with Crippen LogP contribution in [0.3, 0.4) is 0 Å². The number of carbonyl (C=O) groups excluding carboxylic acids is 1. The van der Waals surface area contributed by atoms with Gasteiger partial charge in [0.2, 0.25) is 0 Å². The number of H-pyrrole nitrogens is 1. The van der Waals surface area contributed by atoms with Gasteiger partial charge in [-0.3, -0.25) is 9.89 Å². The fourth-order valence-corrected chi connectivity index (χ4v) is 2.42. The molecule has 1 aromatic heterocycles. The molecule has 0 spiro atoms. The second kappa shape index (κ2) is 7.75. The number of amides is 1. The second-order valence-corrected chi connectivity index (χ2v) is 5.40. The summed E-state index contributed by atoms with van der Waals surface area (Å²) in [7, 11) is 0. The van der Waals surface area contributed by atoms with Crippen molar-refractivity contribution >= 4 is 12.0 Å². The molecule has 5 nitrogen and oxygen atoms in total. The lowest BCUT2D eigenvalue weighted by Crippen LogP contribution is -2.23. The van der Waals surface area contributed by atoms with Crippen molar-refractivity contribution in [3.05, 3.63) is 83.6 Å². The van der Waals surface area contributed by atoms with E-state index in [1.54, 1.807) is 12.3 Å². The zero-order chi connectivity index (χ0) is 17.5. The Labute approximate surface area is 145 Å². The van der Waals surface area contributed by atoms with E-state index < -0.39 is 5.91 Å². The zero-order valence-electron chi connectivity index (χ0n) is 13.4. The van der Waals surface area contributed by atoms with Crippen molar-refractivity contribution in [3.63, 3.8) is 0 Å². The quantitative estimate of drug-likeness (QED) is 0.557. The first-order valence-electron chi connectivity index (χ1n) is 7.80. The van der Waals surface area contributed by atoms with Crippen LogP contribution in [0, 0.1) is 11.3 Å². The molecule has 2 aromatic carbocycles. The maximum atomic E-state index is 12.3. The van der Waals surface area contributed by atoms with Crippen LogP contribution in [0.4, 0.5) is 0 Å². The monoisotopic (exact) mass is 328 g/mol. The third-order valence-electron chi connectivity index (χ3n) is 3.69. The van der Waals surface area contributed by atoms with Crippen LogP contribution in [-0.4, -0.2) is 16.1 Å². The molecule has 0 aliphatic carbocycles. The number of carbonyl (C=O) groups is 1. The highest BCUT2D eigenvalue weighted by molar-refractivity contribution is 6.02. The van der Waals surface area contributed by atoms with Gasteiger partial charge in [-0.15, -0.1) is 0 Å². The number of hydrogen-bond donors (Lipinski definition) is 2. The van der Waals surface area contributed by atoms with E-state index in [1.165, 1.54) is 0 Å². The molecule has 5 heteroatoms. The summed E-state index contributed by atoms with van der Waals surface area (Å²) in [6.45, 7) is 0.371. The number of benzene rings is 2. The van der Waals surface area contributed by atoms with E-state index in [4.69, 9.17) is 0 Å². The van der Waals surface area contributed by atoms with Gasteiger partial charge in [-0.05, 0) is 11.6 Å². The smallest absolute Gasteiger partial charge is 0.262 e. The van der Waals surface area contributed by atoms with E-state index >= 15 is 0 Å². The molecule has 2 N–H and O–H groups in total. The molecule has 0 unspecified atom stereocenters. The molecule has 0 aliphatic heterocycles. The Morgan fingerprint density at radius 1 is 1.12 bits per heavy atom. The van der Waals surface area contributed by atoms with Gasteiger partial charge in [0.25, 0.3) is 5.91 Å². The normalized spacial score (nSPS) is 10.9. The molecule has 0 aliphatic rings. The van der Waals surface area contributed by atoms with Crippen LogP contribution < -0.4 is 5.32 Å². The summed E-state index contributed by atoms with van der Waals surface area (Å²) in [5, 5.41) is 19.0. The van der Waals surface area contributed by atoms with E-state index in [1.807, 2.05) is 66.7 Å². The standard InChI is InChI=1S/C20H16N4O/c21-12-17(20(25)22-13-15-7-3-1-4-8-15)11-18-14-23-24-19(18)16-9-5-2-6-10-16/h1-11,14H,13H2,(H,22,25)(H,23,24)/b17-11-. The molecule has 1 amide bonds. The third-order valence-corrected chi connectivity index (χ3v) is 3.69. The maximum Gasteiger partial charge on any atom is 0.262 e. The van der Waals surface area contributed by atoms with Gasteiger partial charge in [-0.1, -0.05) is 60.7 Å². The largest absolute Gasteiger partial charge is 0.347 e. The van der Waals surface area contributed by atoms with Crippen LogP contribution in [0.15, 0.2) is 72.4 Å². The van der Waals surface area contributed by atoms with Gasteiger partial charge in [0.05, 0.1) is 11.9 Å². The lowest BCUT2D eigenvalue weighted by Gasteiger charge is -2.04. The van der Waals surface area contributed by atoms with Crippen molar-refractivity contribution in [2.24, 2.45) is 0 Å². The number of aromatic amines is 1. The summed E-state index contributed by atoms with van der Waals surface area (Å²) in [5.74, 6) is -0.411. The molecular formula is C20H16N4O. The predicted molar refractivity (Wildman–Crippen MR) is 95.9 cm³/mol. The second-order valence-electron chi connectivity index (χ2n) is 5.40. The molecule has 3 aromatic rings. The summed E-state index contributed by atoms with van der Waals surface area (Å²) >= 11 is 0. The lowest BCUT2D eigenvalue weighted by atomic mass is 10.1. The minimum absolute atomic E-state index is 0.0366. The first-order valence-corrected chi connectivity index (χ1v) is 7.80. The van der Waals surface area contributed by atoms with Crippen molar-refractivity contribution in [2.75, 3.05) is 0 Å². The summed E-state index contributed by atoms with van der Waals surface area (Å²) in [6, 6.07) is 21.1. The Bertz CT molecular complexity index is 921. The van der Waals surface area contributed by atoms with Gasteiger partial charge in [-0.25, -0.2) is 0 Å². The molecule has 25 heavy (non-hydrogen) atoms. The average molecular weight is 328 g/mol. The van der Waals surface area contributed by atoms with Crippen molar-refractivity contribution in [3.8, 4) is 17.3 Å². The molecule has 0 bridgehead atoms. The Balaban J connectivity index is 1.78. The van der Waals surface area contributed by atoms with Crippen LogP contribution in [0.25, 0.3) is 17.3 Å². The SMILES string of the molecule is N#C/C(=C/c1cn[nH]c1-c1ccccc1)C(=O)NCc1ccccc1. The Kier molecular flexibility index (Phi) is 5.03. The van der Waals surface area contributed by atoms with E-state index in [2.05, 4.69) is 15.5 Å². The number of rotatable bonds is 5. The topological polar surface area (TPSA) is 81.6 Å². The van der Waals surface area contributed by atoms with Crippen LogP contribution in [0.1, 0.15) is 11.1 Å². The fourth-order valence-electron chi connectivity index (χ4n) is 2.42. The third kappa shape index (κ3) is 4.01. The van der Waals surface area contributed by atoms with Crippen LogP contribution in [-0.2, 0) is 11.3 Å². The molecule has 0 fully saturated rings. The maximum absolute atomic E-state index is 12.3. The highest BCUT2D eigenvalue weighted by Crippen LogP contribution is 2.22. The summed E-state index contributed by atoms with van der Waals surface area (Å²) < 4.78 is 0. The van der Waals surface area contributed by atoms with Crippen LogP contribution in [0.2, 0.25) is 0 Å². The number of nitrogens with zero attached hydrogens (tertiary/aromatic N) is 2. The fraction of sp³-hybridized carbons (Fsp3) is 0.0500. The van der Waals surface area contributed by atoms with Crippen molar-refractivity contribution < 1.29 is 4.79 Å². The minimum atomic E-state index is -0.411. The highest BCUT2D eigenvalue weighted by atomic mass is 16.1. The molecule has 0 atom stereocenters. The summed E-state index contributed by atoms with van der Waals surface area (Å²) in [4.78, 5) is 12.3. The Morgan fingerprint density at radius 3 is 2.48 bits per heavy atom.